The number of hydrogen-bond donors (Lipinski definition) is 0. The number of Topliss-reactive ketones (excluding diaryl/α,β-unsaturated/α-hetero) is 1. The van der Waals surface area contributed by atoms with Crippen LogP contribution in [-0.2, 0) is 11.2 Å². The summed E-state index contributed by atoms with van der Waals surface area (Å²) in [6.07, 6.45) is 2.52. The van der Waals surface area contributed by atoms with Gasteiger partial charge < -0.3 is 0 Å². The molecule has 0 spiro atoms. The number of ketones is 1. The second-order valence-corrected chi connectivity index (χ2v) is 5.27. The third-order valence-electron chi connectivity index (χ3n) is 3.83. The first-order valence-corrected chi connectivity index (χ1v) is 6.49. The Morgan fingerprint density at radius 2 is 1.94 bits per heavy atom. The van der Waals surface area contributed by atoms with Crippen LogP contribution in [0.3, 0.4) is 0 Å². The van der Waals surface area contributed by atoms with Gasteiger partial charge in [0.2, 0.25) is 0 Å². The van der Waals surface area contributed by atoms with E-state index in [1.54, 1.807) is 0 Å². The Hall–Kier alpha value is -1.63. The van der Waals surface area contributed by atoms with Crippen molar-refractivity contribution in [3.63, 3.8) is 0 Å². The molecule has 1 atom stereocenters. The van der Waals surface area contributed by atoms with E-state index < -0.39 is 0 Å². The molecule has 94 valence electrons. The highest BCUT2D eigenvalue weighted by Crippen LogP contribution is 2.32. The largest absolute Gasteiger partial charge is 0.295 e. The highest BCUT2D eigenvalue weighted by atomic mass is 16.1. The molecule has 0 aliphatic heterocycles. The monoisotopic (exact) mass is 240 g/mol. The fraction of sp³-hybridized carbons (Fsp3) is 0.353. The third kappa shape index (κ3) is 2.79. The smallest absolute Gasteiger partial charge is 0.159 e. The molecular weight excluding hydrogens is 220 g/mol. The summed E-state index contributed by atoms with van der Waals surface area (Å²) in [4.78, 5) is 12.0. The number of rotatable bonds is 3. The van der Waals surface area contributed by atoms with Crippen molar-refractivity contribution in [1.82, 2.24) is 0 Å². The molecule has 0 N–H and O–H groups in total. The Morgan fingerprint density at radius 3 is 2.56 bits per heavy atom. The molecule has 0 saturated heterocycles. The fourth-order valence-electron chi connectivity index (χ4n) is 2.49. The van der Waals surface area contributed by atoms with Gasteiger partial charge in [-0.25, -0.2) is 0 Å². The van der Waals surface area contributed by atoms with Crippen LogP contribution < -0.4 is 0 Å². The minimum Gasteiger partial charge on any atom is -0.295 e. The SMILES string of the molecule is C=C(C)C1CC(=O)C(C)=C(Cc2ccccc2)C1. The lowest BCUT2D eigenvalue weighted by Gasteiger charge is -2.25. The summed E-state index contributed by atoms with van der Waals surface area (Å²) >= 11 is 0. The minimum atomic E-state index is 0.292. The van der Waals surface area contributed by atoms with E-state index in [0.717, 1.165) is 24.0 Å². The van der Waals surface area contributed by atoms with Crippen molar-refractivity contribution in [1.29, 1.82) is 0 Å². The number of carbonyl (C=O) groups excluding carboxylic acids is 1. The lowest BCUT2D eigenvalue weighted by Crippen LogP contribution is -2.19. The Kier molecular flexibility index (Phi) is 3.81. The Bertz CT molecular complexity index is 494. The second-order valence-electron chi connectivity index (χ2n) is 5.27. The summed E-state index contributed by atoms with van der Waals surface area (Å²) < 4.78 is 0. The van der Waals surface area contributed by atoms with Crippen molar-refractivity contribution >= 4 is 5.78 Å². The van der Waals surface area contributed by atoms with E-state index in [1.807, 2.05) is 32.0 Å². The lowest BCUT2D eigenvalue weighted by molar-refractivity contribution is -0.116. The Balaban J connectivity index is 2.22. The van der Waals surface area contributed by atoms with Gasteiger partial charge >= 0.3 is 0 Å². The van der Waals surface area contributed by atoms with Gasteiger partial charge in [-0.1, -0.05) is 48.1 Å². The van der Waals surface area contributed by atoms with E-state index >= 15 is 0 Å². The molecule has 18 heavy (non-hydrogen) atoms. The zero-order chi connectivity index (χ0) is 13.1. The van der Waals surface area contributed by atoms with Gasteiger partial charge in [0.1, 0.15) is 0 Å². The van der Waals surface area contributed by atoms with Gasteiger partial charge in [-0.3, -0.25) is 4.79 Å². The van der Waals surface area contributed by atoms with Gasteiger partial charge in [0.25, 0.3) is 0 Å². The molecule has 0 amide bonds. The molecule has 0 radical (unpaired) electrons. The number of benzene rings is 1. The molecule has 1 aromatic carbocycles. The number of hydrogen-bond acceptors (Lipinski definition) is 1. The van der Waals surface area contributed by atoms with Crippen LogP contribution in [-0.4, -0.2) is 5.78 Å². The topological polar surface area (TPSA) is 17.1 Å². The second kappa shape index (κ2) is 5.34. The molecule has 1 aliphatic carbocycles. The van der Waals surface area contributed by atoms with E-state index in [2.05, 4.69) is 18.7 Å². The van der Waals surface area contributed by atoms with Gasteiger partial charge in [-0.05, 0) is 43.7 Å². The summed E-state index contributed by atoms with van der Waals surface area (Å²) in [5.41, 5.74) is 4.66. The molecule has 0 heterocycles. The van der Waals surface area contributed by atoms with Gasteiger partial charge in [-0.2, -0.15) is 0 Å². The van der Waals surface area contributed by atoms with Gasteiger partial charge in [0, 0.05) is 6.42 Å². The van der Waals surface area contributed by atoms with Crippen molar-refractivity contribution in [2.75, 3.05) is 0 Å². The standard InChI is InChI=1S/C17H20O/c1-12(2)15-10-16(13(3)17(18)11-15)9-14-7-5-4-6-8-14/h4-8,15H,1,9-11H2,2-3H3. The molecule has 0 bridgehead atoms. The van der Waals surface area contributed by atoms with Crippen LogP contribution in [0.25, 0.3) is 0 Å². The summed E-state index contributed by atoms with van der Waals surface area (Å²) in [7, 11) is 0. The third-order valence-corrected chi connectivity index (χ3v) is 3.83. The van der Waals surface area contributed by atoms with Gasteiger partial charge in [0.15, 0.2) is 5.78 Å². The number of allylic oxidation sites excluding steroid dienone is 3. The van der Waals surface area contributed by atoms with Crippen molar-refractivity contribution in [2.24, 2.45) is 5.92 Å². The molecule has 1 nitrogen and oxygen atoms in total. The fourth-order valence-corrected chi connectivity index (χ4v) is 2.49. The van der Waals surface area contributed by atoms with Crippen LogP contribution in [0.15, 0.2) is 53.6 Å². The lowest BCUT2D eigenvalue weighted by atomic mass is 9.78. The maximum absolute atomic E-state index is 12.0. The van der Waals surface area contributed by atoms with Crippen molar-refractivity contribution < 1.29 is 4.79 Å². The predicted octanol–water partition coefficient (Wildman–Crippen LogP) is 4.10. The van der Waals surface area contributed by atoms with E-state index in [9.17, 15) is 4.79 Å². The van der Waals surface area contributed by atoms with Gasteiger partial charge in [-0.15, -0.1) is 0 Å². The van der Waals surface area contributed by atoms with Crippen LogP contribution in [0.2, 0.25) is 0 Å². The van der Waals surface area contributed by atoms with E-state index in [4.69, 9.17) is 0 Å². The average molecular weight is 240 g/mol. The molecule has 1 heteroatoms. The first kappa shape index (κ1) is 12.8. The molecule has 0 aromatic heterocycles. The van der Waals surface area contributed by atoms with Crippen LogP contribution in [0, 0.1) is 5.92 Å². The van der Waals surface area contributed by atoms with Crippen molar-refractivity contribution in [2.45, 2.75) is 33.1 Å². The van der Waals surface area contributed by atoms with E-state index in [0.29, 0.717) is 18.1 Å². The normalized spacial score (nSPS) is 20.1. The molecular formula is C17H20O. The molecule has 1 unspecified atom stereocenters. The maximum atomic E-state index is 12.0. The van der Waals surface area contributed by atoms with E-state index in [-0.39, 0.29) is 0 Å². The van der Waals surface area contributed by atoms with Gasteiger partial charge in [0.05, 0.1) is 0 Å². The zero-order valence-electron chi connectivity index (χ0n) is 11.2. The van der Waals surface area contributed by atoms with Crippen molar-refractivity contribution in [3.8, 4) is 0 Å². The predicted molar refractivity (Wildman–Crippen MR) is 75.4 cm³/mol. The summed E-state index contributed by atoms with van der Waals surface area (Å²) in [6.45, 7) is 8.00. The van der Waals surface area contributed by atoms with Crippen molar-refractivity contribution in [3.05, 3.63) is 59.2 Å². The minimum absolute atomic E-state index is 0.292. The summed E-state index contributed by atoms with van der Waals surface area (Å²) in [5, 5.41) is 0. The molecule has 1 aromatic rings. The Morgan fingerprint density at radius 1 is 1.28 bits per heavy atom. The average Bonchev–Trinajstić information content (AvgIpc) is 2.35. The van der Waals surface area contributed by atoms with Crippen LogP contribution in [0.4, 0.5) is 0 Å². The quantitative estimate of drug-likeness (QED) is 0.727. The van der Waals surface area contributed by atoms with Crippen LogP contribution >= 0.6 is 0 Å². The van der Waals surface area contributed by atoms with E-state index in [1.165, 1.54) is 11.1 Å². The number of carbonyl (C=O) groups is 1. The molecule has 0 saturated carbocycles. The summed E-state index contributed by atoms with van der Waals surface area (Å²) in [6, 6.07) is 10.4. The first-order valence-electron chi connectivity index (χ1n) is 6.49. The van der Waals surface area contributed by atoms with Crippen LogP contribution in [0.5, 0.6) is 0 Å². The summed E-state index contributed by atoms with van der Waals surface area (Å²) in [5.74, 6) is 0.625. The first-order chi connectivity index (χ1) is 8.58. The highest BCUT2D eigenvalue weighted by Gasteiger charge is 2.25. The molecule has 2 rings (SSSR count). The molecule has 0 fully saturated rings. The maximum Gasteiger partial charge on any atom is 0.159 e. The highest BCUT2D eigenvalue weighted by molar-refractivity contribution is 5.96. The molecule has 1 aliphatic rings. The Labute approximate surface area is 109 Å². The van der Waals surface area contributed by atoms with Crippen LogP contribution in [0.1, 0.15) is 32.3 Å². The zero-order valence-corrected chi connectivity index (χ0v) is 11.2.